The number of halogens is 1. The Balaban J connectivity index is 1.94. The van der Waals surface area contributed by atoms with E-state index in [-0.39, 0.29) is 16.8 Å². The van der Waals surface area contributed by atoms with E-state index in [1.54, 1.807) is 0 Å². The molecule has 1 aromatic carbocycles. The number of fused-ring (bicyclic) bond motifs is 1. The van der Waals surface area contributed by atoms with Crippen molar-refractivity contribution in [1.82, 2.24) is 0 Å². The van der Waals surface area contributed by atoms with Crippen LogP contribution in [-0.4, -0.2) is 18.6 Å². The zero-order valence-corrected chi connectivity index (χ0v) is 13.7. The Hall–Kier alpha value is -0.870. The average molecular weight is 338 g/mol. The largest absolute Gasteiger partial charge is 0.376 e. The number of carbonyl (C=O) groups excluding carboxylic acids is 1. The first-order chi connectivity index (χ1) is 9.41. The Bertz CT molecular complexity index is 555. The topological polar surface area (TPSA) is 38.3 Å². The summed E-state index contributed by atoms with van der Waals surface area (Å²) in [5, 5.41) is 2.95. The molecule has 0 aromatic heterocycles. The third-order valence-electron chi connectivity index (χ3n) is 4.58. The maximum Gasteiger partial charge on any atom is 0.234 e. The van der Waals surface area contributed by atoms with Crippen LogP contribution in [0.5, 0.6) is 0 Å². The Morgan fingerprint density at radius 3 is 2.85 bits per heavy atom. The SMILES string of the molecule is CC1CCOC1C(Br)c1ccc2c(c1)C(C)(C)C(=O)N2. The predicted octanol–water partition coefficient (Wildman–Crippen LogP) is 3.78. The van der Waals surface area contributed by atoms with E-state index in [4.69, 9.17) is 4.74 Å². The number of benzene rings is 1. The lowest BCUT2D eigenvalue weighted by Crippen LogP contribution is -2.27. The molecule has 0 spiro atoms. The molecule has 0 aliphatic carbocycles. The highest BCUT2D eigenvalue weighted by Gasteiger charge is 2.39. The molecule has 1 amide bonds. The lowest BCUT2D eigenvalue weighted by Gasteiger charge is -2.23. The molecular formula is C16H20BrNO2. The van der Waals surface area contributed by atoms with E-state index < -0.39 is 5.41 Å². The zero-order valence-electron chi connectivity index (χ0n) is 12.1. The van der Waals surface area contributed by atoms with Crippen molar-refractivity contribution in [2.75, 3.05) is 11.9 Å². The number of rotatable bonds is 2. The van der Waals surface area contributed by atoms with Gasteiger partial charge in [0.1, 0.15) is 0 Å². The van der Waals surface area contributed by atoms with Gasteiger partial charge in [0.25, 0.3) is 0 Å². The summed E-state index contributed by atoms with van der Waals surface area (Å²) in [7, 11) is 0. The normalized spacial score (nSPS) is 29.1. The van der Waals surface area contributed by atoms with Crippen molar-refractivity contribution in [3.63, 3.8) is 0 Å². The summed E-state index contributed by atoms with van der Waals surface area (Å²) >= 11 is 3.78. The van der Waals surface area contributed by atoms with Gasteiger partial charge in [-0.2, -0.15) is 0 Å². The summed E-state index contributed by atoms with van der Waals surface area (Å²) in [6, 6.07) is 6.22. The van der Waals surface area contributed by atoms with Crippen LogP contribution in [0.1, 0.15) is 43.1 Å². The zero-order chi connectivity index (χ0) is 14.5. The second-order valence-electron chi connectivity index (χ2n) is 6.39. The average Bonchev–Trinajstić information content (AvgIpc) is 2.92. The van der Waals surface area contributed by atoms with Crippen molar-refractivity contribution in [1.29, 1.82) is 0 Å². The molecule has 2 aliphatic rings. The van der Waals surface area contributed by atoms with Gasteiger partial charge in [0, 0.05) is 12.3 Å². The van der Waals surface area contributed by atoms with E-state index in [1.165, 1.54) is 5.56 Å². The Kier molecular flexibility index (Phi) is 3.41. The smallest absolute Gasteiger partial charge is 0.234 e. The van der Waals surface area contributed by atoms with Gasteiger partial charge in [0.15, 0.2) is 0 Å². The number of carbonyl (C=O) groups is 1. The molecule has 20 heavy (non-hydrogen) atoms. The fraction of sp³-hybridized carbons (Fsp3) is 0.562. The number of amides is 1. The number of ether oxygens (including phenoxy) is 1. The van der Waals surface area contributed by atoms with Crippen LogP contribution in [-0.2, 0) is 14.9 Å². The van der Waals surface area contributed by atoms with Gasteiger partial charge in [-0.25, -0.2) is 0 Å². The summed E-state index contributed by atoms with van der Waals surface area (Å²) in [6.07, 6.45) is 1.32. The van der Waals surface area contributed by atoms with Gasteiger partial charge in [-0.05, 0) is 43.4 Å². The number of hydrogen-bond donors (Lipinski definition) is 1. The van der Waals surface area contributed by atoms with Crippen LogP contribution in [0.2, 0.25) is 0 Å². The highest BCUT2D eigenvalue weighted by atomic mass is 79.9. The van der Waals surface area contributed by atoms with Crippen LogP contribution in [0.15, 0.2) is 18.2 Å². The second kappa shape index (κ2) is 4.85. The maximum atomic E-state index is 12.0. The highest BCUT2D eigenvalue weighted by molar-refractivity contribution is 9.09. The quantitative estimate of drug-likeness (QED) is 0.834. The minimum Gasteiger partial charge on any atom is -0.376 e. The first-order valence-corrected chi connectivity index (χ1v) is 8.04. The third kappa shape index (κ3) is 2.09. The van der Waals surface area contributed by atoms with Crippen LogP contribution in [0.4, 0.5) is 5.69 Å². The van der Waals surface area contributed by atoms with Crippen molar-refractivity contribution >= 4 is 27.5 Å². The van der Waals surface area contributed by atoms with Gasteiger partial charge >= 0.3 is 0 Å². The van der Waals surface area contributed by atoms with E-state index in [2.05, 4.69) is 40.3 Å². The number of alkyl halides is 1. The van der Waals surface area contributed by atoms with Crippen molar-refractivity contribution in [3.05, 3.63) is 29.3 Å². The second-order valence-corrected chi connectivity index (χ2v) is 7.37. The van der Waals surface area contributed by atoms with E-state index in [9.17, 15) is 4.79 Å². The van der Waals surface area contributed by atoms with E-state index >= 15 is 0 Å². The first kappa shape index (κ1) is 14.1. The lowest BCUT2D eigenvalue weighted by atomic mass is 9.84. The van der Waals surface area contributed by atoms with Crippen LogP contribution in [0, 0.1) is 5.92 Å². The van der Waals surface area contributed by atoms with E-state index in [1.807, 2.05) is 19.9 Å². The predicted molar refractivity (Wildman–Crippen MR) is 83.3 cm³/mol. The Morgan fingerprint density at radius 2 is 2.20 bits per heavy atom. The molecule has 1 N–H and O–H groups in total. The molecule has 2 heterocycles. The fourth-order valence-corrected chi connectivity index (χ4v) is 4.00. The van der Waals surface area contributed by atoms with E-state index in [0.717, 1.165) is 24.3 Å². The Morgan fingerprint density at radius 1 is 1.45 bits per heavy atom. The molecular weight excluding hydrogens is 318 g/mol. The van der Waals surface area contributed by atoms with Gasteiger partial charge in [-0.15, -0.1) is 0 Å². The summed E-state index contributed by atoms with van der Waals surface area (Å²) in [5.41, 5.74) is 2.74. The van der Waals surface area contributed by atoms with Gasteiger partial charge < -0.3 is 10.1 Å². The van der Waals surface area contributed by atoms with Crippen molar-refractivity contribution < 1.29 is 9.53 Å². The van der Waals surface area contributed by atoms with Crippen LogP contribution in [0.3, 0.4) is 0 Å². The first-order valence-electron chi connectivity index (χ1n) is 7.13. The van der Waals surface area contributed by atoms with Crippen LogP contribution < -0.4 is 5.32 Å². The summed E-state index contributed by atoms with van der Waals surface area (Å²) in [4.78, 5) is 12.2. The van der Waals surface area contributed by atoms with Crippen molar-refractivity contribution in [2.24, 2.45) is 5.92 Å². The minimum absolute atomic E-state index is 0.0706. The molecule has 1 aromatic rings. The molecule has 3 rings (SSSR count). The number of anilines is 1. The van der Waals surface area contributed by atoms with Gasteiger partial charge in [-0.1, -0.05) is 35.0 Å². The number of nitrogens with one attached hydrogen (secondary N) is 1. The number of hydrogen-bond acceptors (Lipinski definition) is 2. The molecule has 0 saturated carbocycles. The summed E-state index contributed by atoms with van der Waals surface area (Å²) < 4.78 is 5.84. The molecule has 0 radical (unpaired) electrons. The van der Waals surface area contributed by atoms with Crippen LogP contribution in [0.25, 0.3) is 0 Å². The summed E-state index contributed by atoms with van der Waals surface area (Å²) in [6.45, 7) is 7.00. The molecule has 1 saturated heterocycles. The molecule has 108 valence electrons. The fourth-order valence-electron chi connectivity index (χ4n) is 3.04. The maximum absolute atomic E-state index is 12.0. The molecule has 4 heteroatoms. The lowest BCUT2D eigenvalue weighted by molar-refractivity contribution is -0.119. The standard InChI is InChI=1S/C16H20BrNO2/c1-9-6-7-20-14(9)13(17)10-4-5-12-11(8-10)16(2,3)15(19)18-12/h4-5,8-9,13-14H,6-7H2,1-3H3,(H,18,19). The highest BCUT2D eigenvalue weighted by Crippen LogP contribution is 2.42. The van der Waals surface area contributed by atoms with Gasteiger partial charge in [0.05, 0.1) is 16.3 Å². The van der Waals surface area contributed by atoms with Gasteiger partial charge in [-0.3, -0.25) is 4.79 Å². The molecule has 1 fully saturated rings. The monoisotopic (exact) mass is 337 g/mol. The van der Waals surface area contributed by atoms with Crippen molar-refractivity contribution in [3.8, 4) is 0 Å². The molecule has 3 atom stereocenters. The van der Waals surface area contributed by atoms with Gasteiger partial charge in [0.2, 0.25) is 5.91 Å². The Labute approximate surface area is 128 Å². The molecule has 0 bridgehead atoms. The molecule has 3 nitrogen and oxygen atoms in total. The third-order valence-corrected chi connectivity index (χ3v) is 5.63. The summed E-state index contributed by atoms with van der Waals surface area (Å²) in [5.74, 6) is 0.627. The molecule has 2 aliphatic heterocycles. The molecule has 3 unspecified atom stereocenters. The van der Waals surface area contributed by atoms with Crippen molar-refractivity contribution in [2.45, 2.75) is 43.5 Å². The van der Waals surface area contributed by atoms with E-state index in [0.29, 0.717) is 5.92 Å². The van der Waals surface area contributed by atoms with Crippen LogP contribution >= 0.6 is 15.9 Å². The minimum atomic E-state index is -0.458.